The summed E-state index contributed by atoms with van der Waals surface area (Å²) in [6.45, 7) is 0. The molecule has 0 bridgehead atoms. The van der Waals surface area contributed by atoms with Crippen LogP contribution in [0.4, 0.5) is 8.78 Å². The number of halogens is 2. The zero-order valence-corrected chi connectivity index (χ0v) is 8.61. The Morgan fingerprint density at radius 2 is 1.65 bits per heavy atom. The molecule has 0 atom stereocenters. The number of carboxylic acid groups (broad SMARTS) is 1. The first kappa shape index (κ1) is 11.3. The summed E-state index contributed by atoms with van der Waals surface area (Å²) in [6.07, 6.45) is 0. The summed E-state index contributed by atoms with van der Waals surface area (Å²) in [5.74, 6) is -2.64. The van der Waals surface area contributed by atoms with Crippen molar-refractivity contribution in [3.63, 3.8) is 0 Å². The van der Waals surface area contributed by atoms with Crippen LogP contribution in [0.1, 0.15) is 10.4 Å². The van der Waals surface area contributed by atoms with Crippen molar-refractivity contribution in [1.82, 2.24) is 0 Å². The van der Waals surface area contributed by atoms with Gasteiger partial charge in [-0.2, -0.15) is 0 Å². The van der Waals surface area contributed by atoms with Crippen LogP contribution in [0.3, 0.4) is 0 Å². The van der Waals surface area contributed by atoms with Crippen molar-refractivity contribution in [3.8, 4) is 11.1 Å². The summed E-state index contributed by atoms with van der Waals surface area (Å²) in [5, 5.41) is 10.5. The molecule has 0 fully saturated rings. The van der Waals surface area contributed by atoms with Gasteiger partial charge in [-0.1, -0.05) is 24.3 Å². The van der Waals surface area contributed by atoms with Gasteiger partial charge in [0, 0.05) is 11.6 Å². The van der Waals surface area contributed by atoms with Crippen LogP contribution in [0.15, 0.2) is 42.5 Å². The maximum atomic E-state index is 13.4. The second kappa shape index (κ2) is 4.33. The summed E-state index contributed by atoms with van der Waals surface area (Å²) < 4.78 is 26.1. The lowest BCUT2D eigenvalue weighted by Gasteiger charge is -2.06. The van der Waals surface area contributed by atoms with Gasteiger partial charge in [0.1, 0.15) is 11.6 Å². The third-order valence-corrected chi connectivity index (χ3v) is 2.36. The Morgan fingerprint density at radius 1 is 1.00 bits per heavy atom. The van der Waals surface area contributed by atoms with Gasteiger partial charge < -0.3 is 9.90 Å². The van der Waals surface area contributed by atoms with Gasteiger partial charge in [0.25, 0.3) is 0 Å². The minimum atomic E-state index is -1.30. The predicted octanol–water partition coefficient (Wildman–Crippen LogP) is 2.00. The smallest absolute Gasteiger partial charge is 0.133 e. The standard InChI is InChI=1S/C13H8F2O2/c14-10-5-6-11(12(15)7-10)8-1-3-9(4-2-8)13(16)17/h1-7H,(H,16,17)/p-1. The summed E-state index contributed by atoms with van der Waals surface area (Å²) in [6, 6.07) is 8.75. The molecule has 0 heterocycles. The third-order valence-electron chi connectivity index (χ3n) is 2.36. The molecule has 0 aromatic heterocycles. The summed E-state index contributed by atoms with van der Waals surface area (Å²) in [7, 11) is 0. The molecule has 0 aliphatic carbocycles. The van der Waals surface area contributed by atoms with Crippen molar-refractivity contribution in [2.75, 3.05) is 0 Å². The van der Waals surface area contributed by atoms with Crippen LogP contribution in [-0.4, -0.2) is 5.97 Å². The number of hydrogen-bond acceptors (Lipinski definition) is 2. The molecule has 0 unspecified atom stereocenters. The first-order chi connectivity index (χ1) is 8.08. The minimum Gasteiger partial charge on any atom is -0.545 e. The van der Waals surface area contributed by atoms with Gasteiger partial charge in [0.05, 0.1) is 5.97 Å². The largest absolute Gasteiger partial charge is 0.545 e. The van der Waals surface area contributed by atoms with Gasteiger partial charge in [-0.25, -0.2) is 8.78 Å². The lowest BCUT2D eigenvalue weighted by atomic mass is 10.0. The van der Waals surface area contributed by atoms with Gasteiger partial charge >= 0.3 is 0 Å². The molecule has 0 radical (unpaired) electrons. The Kier molecular flexibility index (Phi) is 2.87. The van der Waals surface area contributed by atoms with Crippen molar-refractivity contribution in [2.45, 2.75) is 0 Å². The van der Waals surface area contributed by atoms with E-state index in [1.165, 1.54) is 30.3 Å². The molecule has 2 aromatic rings. The molecule has 0 aliphatic heterocycles. The van der Waals surface area contributed by atoms with Gasteiger partial charge in [-0.05, 0) is 23.3 Å². The molecule has 4 heteroatoms. The molecule has 17 heavy (non-hydrogen) atoms. The maximum absolute atomic E-state index is 13.4. The van der Waals surface area contributed by atoms with E-state index in [2.05, 4.69) is 0 Å². The van der Waals surface area contributed by atoms with E-state index in [-0.39, 0.29) is 11.1 Å². The zero-order valence-electron chi connectivity index (χ0n) is 8.61. The van der Waals surface area contributed by atoms with E-state index in [1.54, 1.807) is 0 Å². The Bertz CT molecular complexity index is 562. The maximum Gasteiger partial charge on any atom is 0.133 e. The Balaban J connectivity index is 2.43. The molecule has 0 amide bonds. The summed E-state index contributed by atoms with van der Waals surface area (Å²) in [5.41, 5.74) is 0.708. The topological polar surface area (TPSA) is 40.1 Å². The molecule has 0 saturated carbocycles. The SMILES string of the molecule is O=C([O-])c1ccc(-c2ccc(F)cc2F)cc1. The fraction of sp³-hybridized carbons (Fsp3) is 0. The van der Waals surface area contributed by atoms with Gasteiger partial charge in [-0.15, -0.1) is 0 Å². The molecule has 0 saturated heterocycles. The molecular weight excluding hydrogens is 226 g/mol. The molecule has 0 aliphatic rings. The number of carbonyl (C=O) groups is 1. The van der Waals surface area contributed by atoms with E-state index in [0.29, 0.717) is 5.56 Å². The number of carboxylic acids is 1. The molecule has 86 valence electrons. The van der Waals surface area contributed by atoms with Crippen molar-refractivity contribution in [1.29, 1.82) is 0 Å². The Hall–Kier alpha value is -2.23. The molecular formula is C13H7F2O2-. The molecule has 2 rings (SSSR count). The van der Waals surface area contributed by atoms with E-state index in [0.717, 1.165) is 12.1 Å². The average Bonchev–Trinajstić information content (AvgIpc) is 2.29. The highest BCUT2D eigenvalue weighted by molar-refractivity contribution is 5.86. The average molecular weight is 233 g/mol. The van der Waals surface area contributed by atoms with Crippen molar-refractivity contribution in [3.05, 3.63) is 59.7 Å². The Labute approximate surface area is 96.1 Å². The van der Waals surface area contributed by atoms with Crippen molar-refractivity contribution >= 4 is 5.97 Å². The van der Waals surface area contributed by atoms with E-state index >= 15 is 0 Å². The fourth-order valence-electron chi connectivity index (χ4n) is 1.51. The quantitative estimate of drug-likeness (QED) is 0.795. The fourth-order valence-corrected chi connectivity index (χ4v) is 1.51. The monoisotopic (exact) mass is 233 g/mol. The number of rotatable bonds is 2. The highest BCUT2D eigenvalue weighted by Crippen LogP contribution is 2.23. The lowest BCUT2D eigenvalue weighted by molar-refractivity contribution is -0.255. The third kappa shape index (κ3) is 2.30. The first-order valence-corrected chi connectivity index (χ1v) is 4.85. The second-order valence-electron chi connectivity index (χ2n) is 3.49. The lowest BCUT2D eigenvalue weighted by Crippen LogP contribution is -2.21. The van der Waals surface area contributed by atoms with E-state index < -0.39 is 17.6 Å². The molecule has 0 N–H and O–H groups in total. The van der Waals surface area contributed by atoms with Crippen LogP contribution in [0.5, 0.6) is 0 Å². The Morgan fingerprint density at radius 3 is 2.18 bits per heavy atom. The van der Waals surface area contributed by atoms with Crippen LogP contribution < -0.4 is 5.11 Å². The zero-order chi connectivity index (χ0) is 12.4. The van der Waals surface area contributed by atoms with Crippen LogP contribution in [0.2, 0.25) is 0 Å². The van der Waals surface area contributed by atoms with Crippen LogP contribution in [0, 0.1) is 11.6 Å². The number of hydrogen-bond donors (Lipinski definition) is 0. The highest BCUT2D eigenvalue weighted by atomic mass is 19.1. The van der Waals surface area contributed by atoms with Crippen molar-refractivity contribution in [2.24, 2.45) is 0 Å². The number of benzene rings is 2. The molecule has 2 aromatic carbocycles. The van der Waals surface area contributed by atoms with Crippen LogP contribution >= 0.6 is 0 Å². The second-order valence-corrected chi connectivity index (χ2v) is 3.49. The normalized spacial score (nSPS) is 10.2. The number of carbonyl (C=O) groups excluding carboxylic acids is 1. The van der Waals surface area contributed by atoms with Crippen molar-refractivity contribution < 1.29 is 18.7 Å². The molecule has 0 spiro atoms. The minimum absolute atomic E-state index is 0.0104. The van der Waals surface area contributed by atoms with Crippen LogP contribution in [-0.2, 0) is 0 Å². The van der Waals surface area contributed by atoms with Gasteiger partial charge in [-0.3, -0.25) is 0 Å². The summed E-state index contributed by atoms with van der Waals surface area (Å²) >= 11 is 0. The first-order valence-electron chi connectivity index (χ1n) is 4.85. The summed E-state index contributed by atoms with van der Waals surface area (Å²) in [4.78, 5) is 10.5. The number of aromatic carboxylic acids is 1. The van der Waals surface area contributed by atoms with E-state index in [4.69, 9.17) is 0 Å². The van der Waals surface area contributed by atoms with Crippen LogP contribution in [0.25, 0.3) is 11.1 Å². The molecule has 2 nitrogen and oxygen atoms in total. The van der Waals surface area contributed by atoms with E-state index in [9.17, 15) is 18.7 Å². The predicted molar refractivity (Wildman–Crippen MR) is 56.1 cm³/mol. The van der Waals surface area contributed by atoms with Gasteiger partial charge in [0.15, 0.2) is 0 Å². The van der Waals surface area contributed by atoms with E-state index in [1.807, 2.05) is 0 Å². The van der Waals surface area contributed by atoms with Gasteiger partial charge in [0.2, 0.25) is 0 Å². The highest BCUT2D eigenvalue weighted by Gasteiger charge is 2.06.